The lowest BCUT2D eigenvalue weighted by Gasteiger charge is -2.33. The van der Waals surface area contributed by atoms with Gasteiger partial charge in [-0.1, -0.05) is 48.5 Å². The van der Waals surface area contributed by atoms with E-state index < -0.39 is 0 Å². The molecule has 3 heterocycles. The molecule has 31 heavy (non-hydrogen) atoms. The standard InChI is InChI=1S/C26H25N5/c1-2-8-21(9-3-1)10-7-15-30-16-18-31(19-17-30)26-23-12-4-5-13-24(23)28-25(29-26)22-11-6-14-27-20-22/h1-14,20H,15-19H2/p+1/b10-7+. The molecule has 5 nitrogen and oxygen atoms in total. The third-order valence-corrected chi connectivity index (χ3v) is 5.79. The molecule has 0 bridgehead atoms. The highest BCUT2D eigenvalue weighted by atomic mass is 15.3. The van der Waals surface area contributed by atoms with Crippen LogP contribution in [-0.2, 0) is 0 Å². The number of piperazine rings is 1. The Morgan fingerprint density at radius 2 is 1.68 bits per heavy atom. The summed E-state index contributed by atoms with van der Waals surface area (Å²) in [4.78, 5) is 18.0. The fourth-order valence-corrected chi connectivity index (χ4v) is 4.09. The third kappa shape index (κ3) is 4.47. The molecule has 1 aliphatic heterocycles. The maximum absolute atomic E-state index is 4.97. The number of quaternary nitrogens is 1. The lowest BCUT2D eigenvalue weighted by atomic mass is 10.2. The summed E-state index contributed by atoms with van der Waals surface area (Å²) in [5.74, 6) is 1.77. The van der Waals surface area contributed by atoms with Gasteiger partial charge in [-0.15, -0.1) is 0 Å². The van der Waals surface area contributed by atoms with Crippen molar-refractivity contribution in [3.05, 3.63) is 90.8 Å². The minimum atomic E-state index is 0.738. The number of nitrogens with zero attached hydrogens (tertiary/aromatic N) is 4. The van der Waals surface area contributed by atoms with E-state index >= 15 is 0 Å². The zero-order valence-electron chi connectivity index (χ0n) is 17.5. The molecule has 0 atom stereocenters. The van der Waals surface area contributed by atoms with Crippen LogP contribution in [0.2, 0.25) is 0 Å². The van der Waals surface area contributed by atoms with Crippen molar-refractivity contribution in [1.29, 1.82) is 0 Å². The average Bonchev–Trinajstić information content (AvgIpc) is 2.85. The number of hydrogen-bond acceptors (Lipinski definition) is 4. The maximum atomic E-state index is 4.97. The summed E-state index contributed by atoms with van der Waals surface area (Å²) in [6, 6.07) is 22.7. The molecule has 0 unspecified atom stereocenters. The molecule has 154 valence electrons. The summed E-state index contributed by atoms with van der Waals surface area (Å²) in [7, 11) is 0. The zero-order valence-corrected chi connectivity index (χ0v) is 17.5. The van der Waals surface area contributed by atoms with Crippen LogP contribution in [0.25, 0.3) is 28.4 Å². The van der Waals surface area contributed by atoms with Gasteiger partial charge in [0.2, 0.25) is 0 Å². The molecular formula is C26H26N5+. The Bertz CT molecular complexity index is 1170. The molecule has 5 heteroatoms. The first-order valence-corrected chi connectivity index (χ1v) is 10.8. The van der Waals surface area contributed by atoms with Crippen molar-refractivity contribution in [2.24, 2.45) is 0 Å². The molecule has 5 rings (SSSR count). The number of rotatable bonds is 5. The summed E-state index contributed by atoms with van der Waals surface area (Å²) in [5.41, 5.74) is 3.19. The van der Waals surface area contributed by atoms with Crippen molar-refractivity contribution in [2.75, 3.05) is 37.6 Å². The van der Waals surface area contributed by atoms with Crippen molar-refractivity contribution in [2.45, 2.75) is 0 Å². The smallest absolute Gasteiger partial charge is 0.163 e. The second-order valence-electron chi connectivity index (χ2n) is 7.88. The van der Waals surface area contributed by atoms with E-state index in [9.17, 15) is 0 Å². The van der Waals surface area contributed by atoms with Crippen molar-refractivity contribution < 1.29 is 4.90 Å². The highest BCUT2D eigenvalue weighted by Gasteiger charge is 2.22. The normalized spacial score (nSPS) is 15.0. The van der Waals surface area contributed by atoms with Gasteiger partial charge in [-0.05, 0) is 35.9 Å². The molecule has 1 N–H and O–H groups in total. The summed E-state index contributed by atoms with van der Waals surface area (Å²) in [6.07, 6.45) is 8.12. The molecule has 0 aliphatic carbocycles. The van der Waals surface area contributed by atoms with Gasteiger partial charge in [0.05, 0.1) is 38.2 Å². The van der Waals surface area contributed by atoms with Gasteiger partial charge in [-0.3, -0.25) is 4.98 Å². The van der Waals surface area contributed by atoms with Crippen molar-refractivity contribution in [3.63, 3.8) is 0 Å². The van der Waals surface area contributed by atoms with Gasteiger partial charge in [-0.2, -0.15) is 0 Å². The van der Waals surface area contributed by atoms with E-state index in [1.54, 1.807) is 11.1 Å². The van der Waals surface area contributed by atoms with E-state index in [0.29, 0.717) is 0 Å². The Morgan fingerprint density at radius 1 is 0.871 bits per heavy atom. The second-order valence-corrected chi connectivity index (χ2v) is 7.88. The molecule has 0 amide bonds. The molecule has 0 saturated carbocycles. The quantitative estimate of drug-likeness (QED) is 0.551. The highest BCUT2D eigenvalue weighted by molar-refractivity contribution is 5.91. The Labute approximate surface area is 182 Å². The maximum Gasteiger partial charge on any atom is 0.163 e. The predicted molar refractivity (Wildman–Crippen MR) is 126 cm³/mol. The number of anilines is 1. The molecule has 1 aliphatic rings. The van der Waals surface area contributed by atoms with E-state index in [4.69, 9.17) is 9.97 Å². The van der Waals surface area contributed by atoms with Crippen molar-refractivity contribution in [1.82, 2.24) is 15.0 Å². The summed E-state index contributed by atoms with van der Waals surface area (Å²) in [6.45, 7) is 5.22. The first-order chi connectivity index (χ1) is 15.4. The Balaban J connectivity index is 1.33. The van der Waals surface area contributed by atoms with E-state index in [1.165, 1.54) is 5.56 Å². The van der Waals surface area contributed by atoms with Gasteiger partial charge in [0, 0.05) is 23.3 Å². The molecule has 1 saturated heterocycles. The van der Waals surface area contributed by atoms with Crippen LogP contribution in [0.1, 0.15) is 5.56 Å². The second kappa shape index (κ2) is 9.06. The lowest BCUT2D eigenvalue weighted by Crippen LogP contribution is -3.14. The lowest BCUT2D eigenvalue weighted by molar-refractivity contribution is -0.894. The average molecular weight is 409 g/mol. The number of fused-ring (bicyclic) bond motifs is 1. The molecule has 0 radical (unpaired) electrons. The van der Waals surface area contributed by atoms with E-state index in [-0.39, 0.29) is 0 Å². The number of benzene rings is 2. The zero-order chi connectivity index (χ0) is 20.9. The largest absolute Gasteiger partial charge is 0.345 e. The first kappa shape index (κ1) is 19.4. The van der Waals surface area contributed by atoms with Crippen LogP contribution >= 0.6 is 0 Å². The summed E-state index contributed by atoms with van der Waals surface area (Å²) >= 11 is 0. The molecule has 0 spiro atoms. The van der Waals surface area contributed by atoms with Crippen molar-refractivity contribution >= 4 is 22.8 Å². The van der Waals surface area contributed by atoms with Crippen LogP contribution in [0.5, 0.6) is 0 Å². The van der Waals surface area contributed by atoms with Gasteiger partial charge in [-0.25, -0.2) is 9.97 Å². The van der Waals surface area contributed by atoms with Crippen LogP contribution < -0.4 is 9.80 Å². The number of para-hydroxylation sites is 1. The summed E-state index contributed by atoms with van der Waals surface area (Å²) < 4.78 is 0. The molecule has 2 aromatic carbocycles. The van der Waals surface area contributed by atoms with Gasteiger partial charge < -0.3 is 9.80 Å². The topological polar surface area (TPSA) is 46.4 Å². The van der Waals surface area contributed by atoms with E-state index in [0.717, 1.165) is 60.8 Å². The summed E-state index contributed by atoms with van der Waals surface area (Å²) in [5, 5.41) is 1.11. The third-order valence-electron chi connectivity index (χ3n) is 5.79. The SMILES string of the molecule is C(=C\c1ccccc1)/C[NH+]1CCN(c2nc(-c3cccnc3)nc3ccccc23)CC1. The van der Waals surface area contributed by atoms with Gasteiger partial charge in [0.1, 0.15) is 5.82 Å². The number of hydrogen-bond donors (Lipinski definition) is 1. The fourth-order valence-electron chi connectivity index (χ4n) is 4.09. The first-order valence-electron chi connectivity index (χ1n) is 10.8. The minimum Gasteiger partial charge on any atom is -0.345 e. The Kier molecular flexibility index (Phi) is 5.67. The predicted octanol–water partition coefficient (Wildman–Crippen LogP) is 3.11. The number of nitrogens with one attached hydrogen (secondary N) is 1. The van der Waals surface area contributed by atoms with Crippen molar-refractivity contribution in [3.8, 4) is 11.4 Å². The van der Waals surface area contributed by atoms with E-state index in [1.807, 2.05) is 24.4 Å². The van der Waals surface area contributed by atoms with Crippen LogP contribution in [0.15, 0.2) is 85.2 Å². The number of aromatic nitrogens is 3. The van der Waals surface area contributed by atoms with Gasteiger partial charge in [0.25, 0.3) is 0 Å². The molecule has 2 aromatic heterocycles. The Hall–Kier alpha value is -3.57. The highest BCUT2D eigenvalue weighted by Crippen LogP contribution is 2.27. The van der Waals surface area contributed by atoms with Crippen LogP contribution in [0.4, 0.5) is 5.82 Å². The number of pyridine rings is 1. The Morgan fingerprint density at radius 3 is 2.48 bits per heavy atom. The molecule has 4 aromatic rings. The monoisotopic (exact) mass is 408 g/mol. The molecular weight excluding hydrogens is 382 g/mol. The van der Waals surface area contributed by atoms with Crippen LogP contribution in [0.3, 0.4) is 0 Å². The molecule has 1 fully saturated rings. The van der Waals surface area contributed by atoms with Crippen LogP contribution in [0, 0.1) is 0 Å². The van der Waals surface area contributed by atoms with Crippen LogP contribution in [-0.4, -0.2) is 47.7 Å². The fraction of sp³-hybridized carbons (Fsp3) is 0.192. The van der Waals surface area contributed by atoms with Gasteiger partial charge in [0.15, 0.2) is 5.82 Å². The minimum absolute atomic E-state index is 0.738. The van der Waals surface area contributed by atoms with Gasteiger partial charge >= 0.3 is 0 Å². The van der Waals surface area contributed by atoms with E-state index in [2.05, 4.69) is 70.6 Å².